The van der Waals surface area contributed by atoms with Crippen LogP contribution in [0, 0.1) is 6.92 Å². The van der Waals surface area contributed by atoms with Gasteiger partial charge in [-0.05, 0) is 47.3 Å². The predicted molar refractivity (Wildman–Crippen MR) is 83.8 cm³/mol. The second-order valence-corrected chi connectivity index (χ2v) is 7.47. The summed E-state index contributed by atoms with van der Waals surface area (Å²) in [5, 5.41) is 6.72. The van der Waals surface area contributed by atoms with Crippen molar-refractivity contribution in [1.29, 1.82) is 0 Å². The third-order valence-corrected chi connectivity index (χ3v) is 5.23. The molecule has 21 heavy (non-hydrogen) atoms. The molecule has 2 rings (SSSR count). The van der Waals surface area contributed by atoms with E-state index in [9.17, 15) is 8.42 Å². The minimum Gasteiger partial charge on any atom is -0.283 e. The number of halogens is 2. The van der Waals surface area contributed by atoms with Gasteiger partial charge in [-0.3, -0.25) is 5.10 Å². The SMILES string of the molecule is Cc1[nH]ncc1CCCNS(=O)(=O)c1cc(Br)cnc1Cl. The van der Waals surface area contributed by atoms with Crippen molar-refractivity contribution in [3.05, 3.63) is 39.3 Å². The summed E-state index contributed by atoms with van der Waals surface area (Å²) in [4.78, 5) is 3.78. The first kappa shape index (κ1) is 16.4. The highest BCUT2D eigenvalue weighted by atomic mass is 79.9. The lowest BCUT2D eigenvalue weighted by molar-refractivity contribution is 0.578. The van der Waals surface area contributed by atoms with E-state index >= 15 is 0 Å². The maximum absolute atomic E-state index is 12.2. The Hall–Kier alpha value is -0.960. The smallest absolute Gasteiger partial charge is 0.243 e. The molecular formula is C12H14BrClN4O2S. The van der Waals surface area contributed by atoms with Gasteiger partial charge in [-0.25, -0.2) is 18.1 Å². The zero-order valence-corrected chi connectivity index (χ0v) is 14.4. The van der Waals surface area contributed by atoms with E-state index in [2.05, 4.69) is 35.8 Å². The lowest BCUT2D eigenvalue weighted by atomic mass is 10.1. The Balaban J connectivity index is 1.95. The van der Waals surface area contributed by atoms with Gasteiger partial charge in [0.1, 0.15) is 10.0 Å². The monoisotopic (exact) mass is 392 g/mol. The summed E-state index contributed by atoms with van der Waals surface area (Å²) in [7, 11) is -3.66. The highest BCUT2D eigenvalue weighted by Gasteiger charge is 2.18. The van der Waals surface area contributed by atoms with Gasteiger partial charge in [0.05, 0.1) is 6.20 Å². The van der Waals surface area contributed by atoms with Gasteiger partial charge in [0, 0.05) is 22.9 Å². The third-order valence-electron chi connectivity index (χ3n) is 2.91. The first-order valence-electron chi connectivity index (χ1n) is 6.19. The molecule has 0 bridgehead atoms. The maximum Gasteiger partial charge on any atom is 0.243 e. The summed E-state index contributed by atoms with van der Waals surface area (Å²) < 4.78 is 27.4. The number of H-pyrrole nitrogens is 1. The van der Waals surface area contributed by atoms with Crippen LogP contribution in [-0.2, 0) is 16.4 Å². The van der Waals surface area contributed by atoms with E-state index in [0.717, 1.165) is 17.7 Å². The molecule has 114 valence electrons. The average Bonchev–Trinajstić information content (AvgIpc) is 2.83. The van der Waals surface area contributed by atoms with Gasteiger partial charge in [-0.1, -0.05) is 11.6 Å². The molecule has 0 unspecified atom stereocenters. The first-order chi connectivity index (χ1) is 9.90. The Kier molecular flexibility index (Phi) is 5.37. The van der Waals surface area contributed by atoms with E-state index in [-0.39, 0.29) is 10.0 Å². The summed E-state index contributed by atoms with van der Waals surface area (Å²) in [5.74, 6) is 0. The van der Waals surface area contributed by atoms with Gasteiger partial charge in [0.15, 0.2) is 0 Å². The number of hydrogen-bond donors (Lipinski definition) is 2. The van der Waals surface area contributed by atoms with Crippen LogP contribution in [0.4, 0.5) is 0 Å². The lowest BCUT2D eigenvalue weighted by Gasteiger charge is -2.08. The molecular weight excluding hydrogens is 380 g/mol. The molecule has 2 aromatic heterocycles. The van der Waals surface area contributed by atoms with Crippen LogP contribution >= 0.6 is 27.5 Å². The molecule has 0 aliphatic carbocycles. The summed E-state index contributed by atoms with van der Waals surface area (Å²) in [6.07, 6.45) is 4.61. The zero-order valence-electron chi connectivity index (χ0n) is 11.2. The number of aromatic amines is 1. The molecule has 9 heteroatoms. The maximum atomic E-state index is 12.2. The fraction of sp³-hybridized carbons (Fsp3) is 0.333. The van der Waals surface area contributed by atoms with Crippen molar-refractivity contribution in [3.63, 3.8) is 0 Å². The minimum absolute atomic E-state index is 0.0296. The molecule has 2 aromatic rings. The number of nitrogens with zero attached hydrogens (tertiary/aromatic N) is 2. The Labute approximate surface area is 136 Å². The molecule has 2 N–H and O–H groups in total. The van der Waals surface area contributed by atoms with Crippen molar-refractivity contribution in [2.75, 3.05) is 6.54 Å². The normalized spacial score (nSPS) is 11.8. The summed E-state index contributed by atoms with van der Waals surface area (Å²) in [5.41, 5.74) is 2.08. The number of aryl methyl sites for hydroxylation is 2. The molecule has 0 spiro atoms. The molecule has 0 aliphatic heterocycles. The number of sulfonamides is 1. The Morgan fingerprint density at radius 3 is 2.86 bits per heavy atom. The van der Waals surface area contributed by atoms with Crippen LogP contribution in [0.1, 0.15) is 17.7 Å². The van der Waals surface area contributed by atoms with E-state index < -0.39 is 10.0 Å². The van der Waals surface area contributed by atoms with Crippen molar-refractivity contribution < 1.29 is 8.42 Å². The van der Waals surface area contributed by atoms with Crippen LogP contribution in [0.2, 0.25) is 5.15 Å². The van der Waals surface area contributed by atoms with Crippen LogP contribution in [0.3, 0.4) is 0 Å². The quantitative estimate of drug-likeness (QED) is 0.583. The Morgan fingerprint density at radius 1 is 1.43 bits per heavy atom. The summed E-state index contributed by atoms with van der Waals surface area (Å²) >= 11 is 9.01. The van der Waals surface area contributed by atoms with E-state index in [0.29, 0.717) is 17.4 Å². The van der Waals surface area contributed by atoms with Crippen LogP contribution in [-0.4, -0.2) is 30.1 Å². The molecule has 0 radical (unpaired) electrons. The van der Waals surface area contributed by atoms with Crippen molar-refractivity contribution in [2.24, 2.45) is 0 Å². The number of hydrogen-bond acceptors (Lipinski definition) is 4. The Morgan fingerprint density at radius 2 is 2.19 bits per heavy atom. The number of pyridine rings is 1. The van der Waals surface area contributed by atoms with E-state index in [1.54, 1.807) is 6.20 Å². The van der Waals surface area contributed by atoms with Gasteiger partial charge < -0.3 is 0 Å². The second-order valence-electron chi connectivity index (χ2n) is 4.46. The molecule has 0 saturated heterocycles. The molecule has 0 aliphatic rings. The van der Waals surface area contributed by atoms with Gasteiger partial charge in [0.2, 0.25) is 10.0 Å². The fourth-order valence-electron chi connectivity index (χ4n) is 1.78. The largest absolute Gasteiger partial charge is 0.283 e. The van der Waals surface area contributed by atoms with Crippen LogP contribution in [0.15, 0.2) is 27.8 Å². The van der Waals surface area contributed by atoms with Crippen LogP contribution in [0.5, 0.6) is 0 Å². The van der Waals surface area contributed by atoms with Gasteiger partial charge in [0.25, 0.3) is 0 Å². The second kappa shape index (κ2) is 6.87. The van der Waals surface area contributed by atoms with Crippen molar-refractivity contribution in [2.45, 2.75) is 24.7 Å². The number of rotatable bonds is 6. The molecule has 0 amide bonds. The van der Waals surface area contributed by atoms with Gasteiger partial charge in [-0.15, -0.1) is 0 Å². The average molecular weight is 394 g/mol. The summed E-state index contributed by atoms with van der Waals surface area (Å²) in [6, 6.07) is 1.43. The fourth-order valence-corrected chi connectivity index (χ4v) is 3.80. The molecule has 0 fully saturated rings. The standard InChI is InChI=1S/C12H14BrClN4O2S/c1-8-9(6-16-18-8)3-2-4-17-21(19,20)11-5-10(13)7-15-12(11)14/h5-7,17H,2-4H2,1H3,(H,16,18). The predicted octanol–water partition coefficient (Wildman–Crippen LogP) is 2.44. The van der Waals surface area contributed by atoms with Crippen molar-refractivity contribution in [1.82, 2.24) is 19.9 Å². The lowest BCUT2D eigenvalue weighted by Crippen LogP contribution is -2.25. The van der Waals surface area contributed by atoms with E-state index in [4.69, 9.17) is 11.6 Å². The highest BCUT2D eigenvalue weighted by Crippen LogP contribution is 2.22. The molecule has 0 saturated carbocycles. The van der Waals surface area contributed by atoms with Crippen molar-refractivity contribution >= 4 is 37.6 Å². The van der Waals surface area contributed by atoms with Crippen LogP contribution in [0.25, 0.3) is 0 Å². The molecule has 0 atom stereocenters. The Bertz CT molecular complexity index is 733. The third kappa shape index (κ3) is 4.26. The molecule has 2 heterocycles. The molecule has 0 aromatic carbocycles. The van der Waals surface area contributed by atoms with Gasteiger partial charge in [-0.2, -0.15) is 5.10 Å². The number of aromatic nitrogens is 3. The number of nitrogens with one attached hydrogen (secondary N) is 2. The minimum atomic E-state index is -3.66. The topological polar surface area (TPSA) is 87.7 Å². The summed E-state index contributed by atoms with van der Waals surface area (Å²) in [6.45, 7) is 2.25. The van der Waals surface area contributed by atoms with Gasteiger partial charge >= 0.3 is 0 Å². The van der Waals surface area contributed by atoms with Crippen LogP contribution < -0.4 is 4.72 Å². The van der Waals surface area contributed by atoms with E-state index in [1.807, 2.05) is 6.92 Å². The molecule has 6 nitrogen and oxygen atoms in total. The van der Waals surface area contributed by atoms with E-state index in [1.165, 1.54) is 12.3 Å². The zero-order chi connectivity index (χ0) is 15.5. The first-order valence-corrected chi connectivity index (χ1v) is 8.85. The highest BCUT2D eigenvalue weighted by molar-refractivity contribution is 9.10. The van der Waals surface area contributed by atoms with Crippen molar-refractivity contribution in [3.8, 4) is 0 Å².